The topological polar surface area (TPSA) is 0 Å². The molecule has 1 aliphatic rings. The summed E-state index contributed by atoms with van der Waals surface area (Å²) in [6.45, 7) is 18.4. The first-order valence-electron chi connectivity index (χ1n) is 19.3. The van der Waals surface area contributed by atoms with Gasteiger partial charge in [0.1, 0.15) is 0 Å². The van der Waals surface area contributed by atoms with Gasteiger partial charge in [-0.15, -0.1) is 71.0 Å². The summed E-state index contributed by atoms with van der Waals surface area (Å²) in [6.07, 6.45) is 10.0. The fourth-order valence-corrected chi connectivity index (χ4v) is 8.35. The molecule has 0 saturated carbocycles. The van der Waals surface area contributed by atoms with E-state index in [-0.39, 0.29) is 35.6 Å². The summed E-state index contributed by atoms with van der Waals surface area (Å²) < 4.78 is 1.31. The first kappa shape index (κ1) is 47.3. The standard InChI is InChI=1S/C35H37.C13H8Cl2.C5H5.2ClH.Zr/c1-22-13-9-11-15-26(22)30-18-24-17-25-19-31(27-16-12-10-14-23(27)2)33(35(6,7)8)21-29(25)28(24)20-32(30)34(3,4)5;14-12-5-1-10(2-6-12)9-11-3-7-13(15)8-4-11;1-2-4-5-3-1;;;/h9-21H,1-8H3;1-8H;1-3H,4H2;2*1H;/q-1;;-1;;;+2. The molecule has 0 heterocycles. The summed E-state index contributed by atoms with van der Waals surface area (Å²) in [4.78, 5) is 0. The summed E-state index contributed by atoms with van der Waals surface area (Å²) in [5, 5.41) is 6.92. The van der Waals surface area contributed by atoms with Crippen LogP contribution in [0.1, 0.15) is 81.3 Å². The fraction of sp³-hybridized carbons (Fsp3) is 0.208. The molecule has 0 aliphatic heterocycles. The van der Waals surface area contributed by atoms with E-state index < -0.39 is 0 Å². The second-order valence-corrected chi connectivity index (χ2v) is 18.7. The van der Waals surface area contributed by atoms with Gasteiger partial charge in [0.05, 0.1) is 0 Å². The summed E-state index contributed by atoms with van der Waals surface area (Å²) in [6, 6.07) is 45.6. The molecule has 5 heteroatoms. The SMILES string of the molecule is Cc1ccccc1-c1cc2[cH-]c3cc(-c4ccccc4C)c(C(C)(C)C)cc3c2cc1C(C)(C)C.Cl.Cl.Clc1ccc([C](=[Zr+2])c2ccc(Cl)cc2)cc1.[C-]1=CC=CC1. The van der Waals surface area contributed by atoms with Crippen LogP contribution in [0.4, 0.5) is 0 Å². The number of halogens is 4. The van der Waals surface area contributed by atoms with Crippen molar-refractivity contribution in [3.63, 3.8) is 0 Å². The second-order valence-electron chi connectivity index (χ2n) is 16.6. The van der Waals surface area contributed by atoms with Crippen molar-refractivity contribution in [2.75, 3.05) is 0 Å². The zero-order chi connectivity index (χ0) is 40.2. The first-order valence-corrected chi connectivity index (χ1v) is 21.3. The minimum Gasteiger partial charge on any atom is -0.273 e. The van der Waals surface area contributed by atoms with Crippen molar-refractivity contribution < 1.29 is 24.2 Å². The number of allylic oxidation sites excluding steroid dienone is 4. The molecule has 8 rings (SSSR count). The molecule has 7 aromatic rings. The van der Waals surface area contributed by atoms with Gasteiger partial charge in [-0.1, -0.05) is 102 Å². The molecule has 0 N–H and O–H groups in total. The van der Waals surface area contributed by atoms with Crippen LogP contribution in [0, 0.1) is 19.9 Å². The molecule has 7 aromatic carbocycles. The molecule has 1 aliphatic carbocycles. The van der Waals surface area contributed by atoms with E-state index in [0.717, 1.165) is 16.5 Å². The number of rotatable bonds is 4. The van der Waals surface area contributed by atoms with Gasteiger partial charge in [0, 0.05) is 0 Å². The smallest absolute Gasteiger partial charge is 0.109 e. The Balaban J connectivity index is 0.000000268. The summed E-state index contributed by atoms with van der Waals surface area (Å²) in [7, 11) is 0. The van der Waals surface area contributed by atoms with E-state index in [1.165, 1.54) is 105 Å². The molecule has 0 fully saturated rings. The van der Waals surface area contributed by atoms with Crippen molar-refractivity contribution >= 4 is 72.8 Å². The number of benzene rings is 6. The maximum Gasteiger partial charge on any atom is -0.109 e. The van der Waals surface area contributed by atoms with E-state index >= 15 is 0 Å². The zero-order valence-electron chi connectivity index (χ0n) is 34.6. The molecule has 0 unspecified atom stereocenters. The van der Waals surface area contributed by atoms with E-state index in [0.29, 0.717) is 0 Å². The molecular weight excluding hydrogens is 870 g/mol. The normalized spacial score (nSPS) is 11.9. The van der Waals surface area contributed by atoms with E-state index in [9.17, 15) is 0 Å². The maximum absolute atomic E-state index is 5.86. The van der Waals surface area contributed by atoms with Crippen molar-refractivity contribution in [3.8, 4) is 22.3 Å². The van der Waals surface area contributed by atoms with Crippen LogP contribution in [-0.4, -0.2) is 3.21 Å². The Kier molecular flexibility index (Phi) is 16.5. The molecule has 0 saturated heterocycles. The Bertz CT molecular complexity index is 2380. The molecule has 0 atom stereocenters. The molecular formula is C53H52Cl4Zr. The van der Waals surface area contributed by atoms with Crippen LogP contribution >= 0.6 is 48.0 Å². The van der Waals surface area contributed by atoms with Gasteiger partial charge in [-0.25, -0.2) is 12.2 Å². The third-order valence-corrected chi connectivity index (χ3v) is 12.2. The fourth-order valence-electron chi connectivity index (χ4n) is 7.28. The maximum atomic E-state index is 5.86. The first-order chi connectivity index (χ1) is 26.6. The van der Waals surface area contributed by atoms with Crippen molar-refractivity contribution in [2.45, 2.75) is 72.6 Å². The Hall–Kier alpha value is -3.42. The van der Waals surface area contributed by atoms with Crippen molar-refractivity contribution in [1.29, 1.82) is 0 Å². The summed E-state index contributed by atoms with van der Waals surface area (Å²) in [5.74, 6) is 0. The van der Waals surface area contributed by atoms with Crippen LogP contribution in [0.5, 0.6) is 0 Å². The quantitative estimate of drug-likeness (QED) is 0.154. The van der Waals surface area contributed by atoms with E-state index in [1.54, 1.807) is 0 Å². The second kappa shape index (κ2) is 20.2. The Morgan fingerprint density at radius 2 is 0.966 bits per heavy atom. The predicted molar refractivity (Wildman–Crippen MR) is 257 cm³/mol. The Morgan fingerprint density at radius 3 is 1.28 bits per heavy atom. The summed E-state index contributed by atoms with van der Waals surface area (Å²) in [5.41, 5.74) is 13.4. The van der Waals surface area contributed by atoms with E-state index in [2.05, 4.69) is 146 Å². The van der Waals surface area contributed by atoms with Gasteiger partial charge in [0.2, 0.25) is 0 Å². The number of hydrogen-bond donors (Lipinski definition) is 0. The zero-order valence-corrected chi connectivity index (χ0v) is 40.2. The van der Waals surface area contributed by atoms with Crippen molar-refractivity contribution in [2.24, 2.45) is 0 Å². The molecule has 58 heavy (non-hydrogen) atoms. The van der Waals surface area contributed by atoms with Gasteiger partial charge in [-0.2, -0.15) is 6.08 Å². The van der Waals surface area contributed by atoms with Gasteiger partial charge in [0.15, 0.2) is 0 Å². The van der Waals surface area contributed by atoms with E-state index in [1.807, 2.05) is 60.7 Å². The summed E-state index contributed by atoms with van der Waals surface area (Å²) >= 11 is 13.1. The average molecular weight is 922 g/mol. The van der Waals surface area contributed by atoms with Crippen LogP contribution in [-0.2, 0) is 35.1 Å². The van der Waals surface area contributed by atoms with Crippen LogP contribution in [0.25, 0.3) is 43.8 Å². The van der Waals surface area contributed by atoms with Gasteiger partial charge in [-0.3, -0.25) is 6.08 Å². The molecule has 296 valence electrons. The van der Waals surface area contributed by atoms with Gasteiger partial charge >= 0.3 is 120 Å². The Morgan fingerprint density at radius 1 is 0.569 bits per heavy atom. The average Bonchev–Trinajstić information content (AvgIpc) is 3.86. The molecule has 0 radical (unpaired) electrons. The molecule has 0 nitrogen and oxygen atoms in total. The van der Waals surface area contributed by atoms with Crippen LogP contribution in [0.15, 0.2) is 146 Å². The van der Waals surface area contributed by atoms with Crippen molar-refractivity contribution in [3.05, 3.63) is 195 Å². The number of aryl methyl sites for hydroxylation is 2. The molecule has 0 spiro atoms. The minimum atomic E-state index is 0. The largest absolute Gasteiger partial charge is 0.273 e. The van der Waals surface area contributed by atoms with Gasteiger partial charge in [-0.05, 0) is 69.2 Å². The van der Waals surface area contributed by atoms with Gasteiger partial charge in [0.25, 0.3) is 0 Å². The Labute approximate surface area is 383 Å². The molecule has 0 amide bonds. The van der Waals surface area contributed by atoms with Gasteiger partial charge < -0.3 is 0 Å². The third kappa shape index (κ3) is 11.2. The predicted octanol–water partition coefficient (Wildman–Crippen LogP) is 16.5. The van der Waals surface area contributed by atoms with Crippen LogP contribution in [0.3, 0.4) is 0 Å². The van der Waals surface area contributed by atoms with Crippen LogP contribution in [0.2, 0.25) is 10.0 Å². The molecule has 0 bridgehead atoms. The number of hydrogen-bond acceptors (Lipinski definition) is 0. The third-order valence-electron chi connectivity index (χ3n) is 10.3. The number of fused-ring (bicyclic) bond motifs is 3. The minimum absolute atomic E-state index is 0. The monoisotopic (exact) mass is 918 g/mol. The molecule has 0 aromatic heterocycles. The van der Waals surface area contributed by atoms with Crippen LogP contribution < -0.4 is 0 Å². The van der Waals surface area contributed by atoms with Crippen molar-refractivity contribution in [1.82, 2.24) is 0 Å². The van der Waals surface area contributed by atoms with E-state index in [4.69, 9.17) is 23.2 Å².